The molecule has 2 aromatic rings. The second-order valence-electron chi connectivity index (χ2n) is 2.86. The summed E-state index contributed by atoms with van der Waals surface area (Å²) in [6, 6.07) is 20.3. The zero-order valence-electron chi connectivity index (χ0n) is 7.27. The highest BCUT2D eigenvalue weighted by atomic mass is 14.9. The minimum atomic E-state index is 0. The molecule has 0 amide bonds. The first-order chi connectivity index (χ1) is 6.45. The fraction of sp³-hybridized carbons (Fsp3) is 0.0769. The smallest absolute Gasteiger partial charge is 0.0384 e. The lowest BCUT2D eigenvalue weighted by Gasteiger charge is -2.04. The van der Waals surface area contributed by atoms with E-state index in [9.17, 15) is 0 Å². The fourth-order valence-electron chi connectivity index (χ4n) is 1.21. The molecule has 1 heteroatoms. The van der Waals surface area contributed by atoms with Crippen LogP contribution in [0.3, 0.4) is 0 Å². The maximum absolute atomic E-state index is 3.30. The Labute approximate surface area is 85.4 Å². The Morgan fingerprint density at radius 2 is 0.929 bits per heavy atom. The van der Waals surface area contributed by atoms with Gasteiger partial charge in [0.1, 0.15) is 0 Å². The number of benzene rings is 2. The van der Waals surface area contributed by atoms with Crippen LogP contribution < -0.4 is 5.32 Å². The zero-order chi connectivity index (χ0) is 8.93. The average molecular weight is 185 g/mol. The van der Waals surface area contributed by atoms with E-state index in [1.54, 1.807) is 0 Å². The molecule has 0 unspecified atom stereocenters. The first-order valence-electron chi connectivity index (χ1n) is 4.32. The van der Waals surface area contributed by atoms with E-state index in [1.807, 2.05) is 60.7 Å². The Balaban J connectivity index is 0.000000980. The third kappa shape index (κ3) is 2.63. The van der Waals surface area contributed by atoms with E-state index >= 15 is 0 Å². The standard InChI is InChI=1S/C12H11N.CH4/c1-3-7-11(8-4-1)13-12-9-5-2-6-10-12;/h1-10,13H;1H4. The van der Waals surface area contributed by atoms with Crippen molar-refractivity contribution in [2.24, 2.45) is 0 Å². The molecule has 2 rings (SSSR count). The van der Waals surface area contributed by atoms with E-state index in [1.165, 1.54) is 0 Å². The topological polar surface area (TPSA) is 12.0 Å². The molecule has 0 aliphatic rings. The van der Waals surface area contributed by atoms with Crippen LogP contribution >= 0.6 is 0 Å². The highest BCUT2D eigenvalue weighted by Crippen LogP contribution is 2.14. The molecule has 0 aliphatic carbocycles. The molecule has 0 saturated heterocycles. The minimum Gasteiger partial charge on any atom is -0.356 e. The largest absolute Gasteiger partial charge is 0.356 e. The van der Waals surface area contributed by atoms with Gasteiger partial charge in [-0.15, -0.1) is 0 Å². The molecule has 2 aromatic carbocycles. The molecule has 1 nitrogen and oxygen atoms in total. The number of hydrogen-bond donors (Lipinski definition) is 1. The van der Waals surface area contributed by atoms with Crippen molar-refractivity contribution in [1.82, 2.24) is 0 Å². The zero-order valence-corrected chi connectivity index (χ0v) is 7.27. The lowest BCUT2D eigenvalue weighted by atomic mass is 10.3. The number of rotatable bonds is 2. The minimum absolute atomic E-state index is 0. The molecule has 0 spiro atoms. The Kier molecular flexibility index (Phi) is 3.74. The molecule has 1 N–H and O–H groups in total. The van der Waals surface area contributed by atoms with Crippen molar-refractivity contribution in [1.29, 1.82) is 0 Å². The monoisotopic (exact) mass is 185 g/mol. The molecule has 72 valence electrons. The van der Waals surface area contributed by atoms with Crippen LogP contribution in [-0.2, 0) is 0 Å². The van der Waals surface area contributed by atoms with E-state index in [0.29, 0.717) is 0 Å². The van der Waals surface area contributed by atoms with Gasteiger partial charge in [0.05, 0.1) is 0 Å². The van der Waals surface area contributed by atoms with Crippen molar-refractivity contribution in [2.75, 3.05) is 5.32 Å². The third-order valence-electron chi connectivity index (χ3n) is 1.84. The summed E-state index contributed by atoms with van der Waals surface area (Å²) in [6.07, 6.45) is 0. The molecule has 0 atom stereocenters. The summed E-state index contributed by atoms with van der Waals surface area (Å²) in [6.45, 7) is 0. The van der Waals surface area contributed by atoms with Crippen molar-refractivity contribution in [3.63, 3.8) is 0 Å². The van der Waals surface area contributed by atoms with Crippen LogP contribution in [0.4, 0.5) is 11.4 Å². The van der Waals surface area contributed by atoms with Crippen LogP contribution in [0.5, 0.6) is 0 Å². The lowest BCUT2D eigenvalue weighted by Crippen LogP contribution is -1.87. The first kappa shape index (κ1) is 10.3. The maximum atomic E-state index is 3.30. The second-order valence-corrected chi connectivity index (χ2v) is 2.86. The molecular weight excluding hydrogens is 170 g/mol. The fourth-order valence-corrected chi connectivity index (χ4v) is 1.21. The molecule has 0 aromatic heterocycles. The van der Waals surface area contributed by atoms with Gasteiger partial charge in [0.15, 0.2) is 0 Å². The van der Waals surface area contributed by atoms with Crippen LogP contribution in [-0.4, -0.2) is 0 Å². The molecule has 14 heavy (non-hydrogen) atoms. The SMILES string of the molecule is C.c1ccc(Nc2ccccc2)cc1. The van der Waals surface area contributed by atoms with Crippen molar-refractivity contribution in [3.8, 4) is 0 Å². The van der Waals surface area contributed by atoms with Gasteiger partial charge >= 0.3 is 0 Å². The second kappa shape index (κ2) is 5.07. The van der Waals surface area contributed by atoms with Crippen LogP contribution in [0.2, 0.25) is 0 Å². The van der Waals surface area contributed by atoms with Crippen LogP contribution in [0.25, 0.3) is 0 Å². The summed E-state index contributed by atoms with van der Waals surface area (Å²) in [5, 5.41) is 3.30. The number of anilines is 2. The predicted molar refractivity (Wildman–Crippen MR) is 62.9 cm³/mol. The average Bonchev–Trinajstić information content (AvgIpc) is 2.21. The molecule has 0 heterocycles. The molecule has 0 radical (unpaired) electrons. The summed E-state index contributed by atoms with van der Waals surface area (Å²) in [7, 11) is 0. The summed E-state index contributed by atoms with van der Waals surface area (Å²) in [5.41, 5.74) is 2.24. The normalized spacial score (nSPS) is 8.86. The number of nitrogens with one attached hydrogen (secondary N) is 1. The van der Waals surface area contributed by atoms with Crippen LogP contribution in [0, 0.1) is 0 Å². The van der Waals surface area contributed by atoms with E-state index in [-0.39, 0.29) is 7.43 Å². The summed E-state index contributed by atoms with van der Waals surface area (Å²) < 4.78 is 0. The van der Waals surface area contributed by atoms with E-state index in [4.69, 9.17) is 0 Å². The Morgan fingerprint density at radius 1 is 0.571 bits per heavy atom. The van der Waals surface area contributed by atoms with Gasteiger partial charge in [-0.1, -0.05) is 43.8 Å². The molecule has 0 aliphatic heterocycles. The Bertz CT molecular complexity index is 316. The maximum Gasteiger partial charge on any atom is 0.0384 e. The van der Waals surface area contributed by atoms with Gasteiger partial charge in [0, 0.05) is 11.4 Å². The summed E-state index contributed by atoms with van der Waals surface area (Å²) in [4.78, 5) is 0. The Hall–Kier alpha value is -1.76. The van der Waals surface area contributed by atoms with Crippen molar-refractivity contribution < 1.29 is 0 Å². The highest BCUT2D eigenvalue weighted by Gasteiger charge is 1.89. The number of hydrogen-bond acceptors (Lipinski definition) is 1. The molecule has 0 fully saturated rings. The van der Waals surface area contributed by atoms with Gasteiger partial charge < -0.3 is 5.32 Å². The lowest BCUT2D eigenvalue weighted by molar-refractivity contribution is 1.55. The van der Waals surface area contributed by atoms with Gasteiger partial charge in [-0.25, -0.2) is 0 Å². The van der Waals surface area contributed by atoms with Gasteiger partial charge in [-0.3, -0.25) is 0 Å². The van der Waals surface area contributed by atoms with Crippen LogP contribution in [0.1, 0.15) is 7.43 Å². The van der Waals surface area contributed by atoms with Crippen molar-refractivity contribution in [2.45, 2.75) is 7.43 Å². The molecule has 0 saturated carbocycles. The quantitative estimate of drug-likeness (QED) is 0.743. The summed E-state index contributed by atoms with van der Waals surface area (Å²) in [5.74, 6) is 0. The molecule has 0 bridgehead atoms. The van der Waals surface area contributed by atoms with E-state index < -0.39 is 0 Å². The third-order valence-corrected chi connectivity index (χ3v) is 1.84. The van der Waals surface area contributed by atoms with Gasteiger partial charge in [0.25, 0.3) is 0 Å². The van der Waals surface area contributed by atoms with E-state index in [2.05, 4.69) is 5.32 Å². The molecular formula is C13H15N. The van der Waals surface area contributed by atoms with Gasteiger partial charge in [-0.2, -0.15) is 0 Å². The van der Waals surface area contributed by atoms with Gasteiger partial charge in [0.2, 0.25) is 0 Å². The predicted octanol–water partition coefficient (Wildman–Crippen LogP) is 4.07. The summed E-state index contributed by atoms with van der Waals surface area (Å²) >= 11 is 0. The highest BCUT2D eigenvalue weighted by molar-refractivity contribution is 5.58. The van der Waals surface area contributed by atoms with E-state index in [0.717, 1.165) is 11.4 Å². The van der Waals surface area contributed by atoms with Crippen LogP contribution in [0.15, 0.2) is 60.7 Å². The van der Waals surface area contributed by atoms with Gasteiger partial charge in [-0.05, 0) is 24.3 Å². The Morgan fingerprint density at radius 3 is 1.29 bits per heavy atom. The number of para-hydroxylation sites is 2. The first-order valence-corrected chi connectivity index (χ1v) is 4.32. The van der Waals surface area contributed by atoms with Crippen molar-refractivity contribution >= 4 is 11.4 Å². The van der Waals surface area contributed by atoms with Crippen molar-refractivity contribution in [3.05, 3.63) is 60.7 Å².